The number of amides is 3. The number of fused-ring (bicyclic) bond motifs is 1. The van der Waals surface area contributed by atoms with Crippen LogP contribution >= 0.6 is 11.6 Å². The number of rotatable bonds is 4. The molecule has 3 N–H and O–H groups in total. The molecule has 1 aliphatic carbocycles. The fourth-order valence-electron chi connectivity index (χ4n) is 3.54. The second kappa shape index (κ2) is 9.60. The van der Waals surface area contributed by atoms with E-state index in [4.69, 9.17) is 20.8 Å². The lowest BCUT2D eigenvalue weighted by Gasteiger charge is -2.28. The van der Waals surface area contributed by atoms with E-state index >= 15 is 0 Å². The second-order valence-electron chi connectivity index (χ2n) is 8.93. The topological polar surface area (TPSA) is 110 Å². The van der Waals surface area contributed by atoms with Gasteiger partial charge in [-0.25, -0.2) is 4.79 Å². The summed E-state index contributed by atoms with van der Waals surface area (Å²) in [5.74, 6) is -0.655. The number of furan rings is 1. The molecule has 0 saturated heterocycles. The van der Waals surface area contributed by atoms with Crippen molar-refractivity contribution < 1.29 is 23.5 Å². The maximum atomic E-state index is 12.4. The van der Waals surface area contributed by atoms with Gasteiger partial charge in [-0.1, -0.05) is 11.6 Å². The predicted molar refractivity (Wildman–Crippen MR) is 117 cm³/mol. The van der Waals surface area contributed by atoms with Crippen LogP contribution in [0.3, 0.4) is 0 Å². The third-order valence-corrected chi connectivity index (χ3v) is 5.38. The molecule has 3 amide bonds. The Morgan fingerprint density at radius 2 is 1.81 bits per heavy atom. The highest BCUT2D eigenvalue weighted by Crippen LogP contribution is 2.29. The highest BCUT2D eigenvalue weighted by molar-refractivity contribution is 6.31. The van der Waals surface area contributed by atoms with E-state index < -0.39 is 12.0 Å². The molecule has 0 unspecified atom stereocenters. The van der Waals surface area contributed by atoms with Gasteiger partial charge in [-0.3, -0.25) is 20.4 Å². The highest BCUT2D eigenvalue weighted by Gasteiger charge is 2.28. The Balaban J connectivity index is 1.40. The van der Waals surface area contributed by atoms with Crippen molar-refractivity contribution in [3.8, 4) is 0 Å². The number of hydrogen-bond acceptors (Lipinski definition) is 5. The maximum Gasteiger partial charge on any atom is 0.407 e. The lowest BCUT2D eigenvalue weighted by molar-refractivity contribution is -0.127. The zero-order chi connectivity index (χ0) is 22.6. The summed E-state index contributed by atoms with van der Waals surface area (Å²) >= 11 is 5.94. The molecule has 9 heteroatoms. The van der Waals surface area contributed by atoms with Gasteiger partial charge in [0.15, 0.2) is 5.76 Å². The summed E-state index contributed by atoms with van der Waals surface area (Å²) in [6, 6.07) is 6.63. The minimum absolute atomic E-state index is 0.0898. The molecule has 0 radical (unpaired) electrons. The second-order valence-corrected chi connectivity index (χ2v) is 9.36. The van der Waals surface area contributed by atoms with Gasteiger partial charge in [-0.2, -0.15) is 0 Å². The Labute approximate surface area is 186 Å². The molecule has 8 nitrogen and oxygen atoms in total. The summed E-state index contributed by atoms with van der Waals surface area (Å²) in [5, 5.41) is 4.01. The van der Waals surface area contributed by atoms with Crippen molar-refractivity contribution in [1.82, 2.24) is 16.2 Å². The normalized spacial score (nSPS) is 19.0. The minimum Gasteiger partial charge on any atom is -0.451 e. The van der Waals surface area contributed by atoms with Crippen LogP contribution < -0.4 is 16.2 Å². The van der Waals surface area contributed by atoms with Crippen molar-refractivity contribution in [2.24, 2.45) is 11.8 Å². The lowest BCUT2D eigenvalue weighted by atomic mass is 9.82. The van der Waals surface area contributed by atoms with Gasteiger partial charge in [0, 0.05) is 21.9 Å². The Hall–Kier alpha value is -2.74. The summed E-state index contributed by atoms with van der Waals surface area (Å²) in [5.41, 5.74) is 5.08. The quantitative estimate of drug-likeness (QED) is 0.606. The molecular formula is C22H28ClN3O5. The first-order valence-corrected chi connectivity index (χ1v) is 10.7. The minimum atomic E-state index is -0.535. The molecule has 3 rings (SSSR count). The number of hydrazine groups is 1. The maximum absolute atomic E-state index is 12.4. The Morgan fingerprint density at radius 1 is 1.10 bits per heavy atom. The predicted octanol–water partition coefficient (Wildman–Crippen LogP) is 4.18. The summed E-state index contributed by atoms with van der Waals surface area (Å²) < 4.78 is 10.8. The summed E-state index contributed by atoms with van der Waals surface area (Å²) in [7, 11) is 0. The summed E-state index contributed by atoms with van der Waals surface area (Å²) in [6.07, 6.45) is 2.46. The lowest BCUT2D eigenvalue weighted by Crippen LogP contribution is -2.45. The summed E-state index contributed by atoms with van der Waals surface area (Å²) in [6.45, 7) is 6.01. The van der Waals surface area contributed by atoms with E-state index in [1.54, 1.807) is 24.3 Å². The van der Waals surface area contributed by atoms with Crippen molar-refractivity contribution >= 4 is 40.5 Å². The van der Waals surface area contributed by atoms with Crippen LogP contribution in [-0.4, -0.2) is 30.1 Å². The SMILES string of the molecule is CC(C)(C)NC(=O)OCC1CCC(C(=O)NNC(=O)c2cc3cc(Cl)ccc3o2)CC1. The van der Waals surface area contributed by atoms with Crippen LogP contribution in [0.4, 0.5) is 4.79 Å². The fraction of sp³-hybridized carbons (Fsp3) is 0.500. The molecule has 31 heavy (non-hydrogen) atoms. The van der Waals surface area contributed by atoms with Crippen molar-refractivity contribution in [2.75, 3.05) is 6.61 Å². The summed E-state index contributed by atoms with van der Waals surface area (Å²) in [4.78, 5) is 36.5. The van der Waals surface area contributed by atoms with E-state index in [0.29, 0.717) is 35.4 Å². The smallest absolute Gasteiger partial charge is 0.407 e. The molecule has 1 heterocycles. The van der Waals surface area contributed by atoms with E-state index in [1.807, 2.05) is 20.8 Å². The fourth-order valence-corrected chi connectivity index (χ4v) is 3.72. The van der Waals surface area contributed by atoms with Crippen LogP contribution in [0, 0.1) is 11.8 Å². The van der Waals surface area contributed by atoms with Crippen molar-refractivity contribution in [1.29, 1.82) is 0 Å². The van der Waals surface area contributed by atoms with Crippen LogP contribution in [0.1, 0.15) is 57.0 Å². The van der Waals surface area contributed by atoms with Gasteiger partial charge < -0.3 is 14.5 Å². The molecule has 0 aliphatic heterocycles. The third-order valence-electron chi connectivity index (χ3n) is 5.15. The monoisotopic (exact) mass is 449 g/mol. The average Bonchev–Trinajstić information content (AvgIpc) is 3.12. The molecule has 168 valence electrons. The number of benzene rings is 1. The largest absolute Gasteiger partial charge is 0.451 e. The van der Waals surface area contributed by atoms with E-state index in [9.17, 15) is 14.4 Å². The molecule has 1 aliphatic rings. The van der Waals surface area contributed by atoms with Crippen LogP contribution in [0.2, 0.25) is 5.02 Å². The van der Waals surface area contributed by atoms with Crippen LogP contribution in [0.5, 0.6) is 0 Å². The Bertz CT molecular complexity index is 958. The number of nitrogens with one attached hydrogen (secondary N) is 3. The van der Waals surface area contributed by atoms with Gasteiger partial charge in [-0.05, 0) is 76.6 Å². The zero-order valence-corrected chi connectivity index (χ0v) is 18.7. The number of halogens is 1. The van der Waals surface area contributed by atoms with Crippen molar-refractivity contribution in [3.63, 3.8) is 0 Å². The first-order valence-electron chi connectivity index (χ1n) is 10.3. The van der Waals surface area contributed by atoms with Crippen LogP contribution in [0.25, 0.3) is 11.0 Å². The first-order chi connectivity index (χ1) is 14.6. The van der Waals surface area contributed by atoms with Gasteiger partial charge in [0.25, 0.3) is 0 Å². The van der Waals surface area contributed by atoms with E-state index in [2.05, 4.69) is 16.2 Å². The molecule has 1 fully saturated rings. The van der Waals surface area contributed by atoms with E-state index in [-0.39, 0.29) is 29.0 Å². The van der Waals surface area contributed by atoms with Gasteiger partial charge in [0.2, 0.25) is 5.91 Å². The first kappa shape index (κ1) is 22.9. The van der Waals surface area contributed by atoms with E-state index in [0.717, 1.165) is 12.8 Å². The number of ether oxygens (including phenoxy) is 1. The molecule has 0 atom stereocenters. The molecule has 1 saturated carbocycles. The van der Waals surface area contributed by atoms with Crippen molar-refractivity contribution in [2.45, 2.75) is 52.0 Å². The molecular weight excluding hydrogens is 422 g/mol. The Morgan fingerprint density at radius 3 is 2.48 bits per heavy atom. The zero-order valence-electron chi connectivity index (χ0n) is 17.9. The molecule has 1 aromatic heterocycles. The van der Waals surface area contributed by atoms with E-state index in [1.165, 1.54) is 0 Å². The van der Waals surface area contributed by atoms with Gasteiger partial charge in [0.05, 0.1) is 6.61 Å². The number of alkyl carbamates (subject to hydrolysis) is 1. The van der Waals surface area contributed by atoms with Crippen LogP contribution in [0.15, 0.2) is 28.7 Å². The standard InChI is InChI=1S/C22H28ClN3O5/c1-22(2,3)24-21(29)30-12-13-4-6-14(7-5-13)19(27)25-26-20(28)18-11-15-10-16(23)8-9-17(15)31-18/h8-11,13-14H,4-7,12H2,1-3H3,(H,24,29)(H,25,27)(H,26,28). The van der Waals surface area contributed by atoms with Gasteiger partial charge in [-0.15, -0.1) is 0 Å². The third kappa shape index (κ3) is 6.62. The number of carbonyl (C=O) groups excluding carboxylic acids is 3. The number of carbonyl (C=O) groups is 3. The van der Waals surface area contributed by atoms with Crippen molar-refractivity contribution in [3.05, 3.63) is 35.0 Å². The van der Waals surface area contributed by atoms with Gasteiger partial charge in [0.1, 0.15) is 5.58 Å². The van der Waals surface area contributed by atoms with Gasteiger partial charge >= 0.3 is 12.0 Å². The average molecular weight is 450 g/mol. The number of hydrogen-bond donors (Lipinski definition) is 3. The molecule has 0 spiro atoms. The molecule has 0 bridgehead atoms. The molecule has 1 aromatic carbocycles. The Kier molecular flexibility index (Phi) is 7.10. The van der Waals surface area contributed by atoms with Crippen LogP contribution in [-0.2, 0) is 9.53 Å². The highest BCUT2D eigenvalue weighted by atomic mass is 35.5. The molecule has 2 aromatic rings.